The van der Waals surface area contributed by atoms with Gasteiger partial charge < -0.3 is 10.4 Å². The summed E-state index contributed by atoms with van der Waals surface area (Å²) in [5, 5.41) is 11.6. The lowest BCUT2D eigenvalue weighted by molar-refractivity contribution is -0.139. The molecule has 0 fully saturated rings. The molecule has 20 heavy (non-hydrogen) atoms. The number of benzene rings is 1. The molecule has 2 amide bonds. The first-order valence-corrected chi connectivity index (χ1v) is 6.71. The van der Waals surface area contributed by atoms with E-state index in [4.69, 9.17) is 5.11 Å². The first-order chi connectivity index (χ1) is 9.36. The Morgan fingerprint density at radius 1 is 1.35 bits per heavy atom. The van der Waals surface area contributed by atoms with Gasteiger partial charge in [0.15, 0.2) is 0 Å². The second-order valence-electron chi connectivity index (χ2n) is 4.98. The lowest BCUT2D eigenvalue weighted by atomic mass is 10.1. The summed E-state index contributed by atoms with van der Waals surface area (Å²) < 4.78 is 0. The number of hydrogen-bond acceptors (Lipinski definition) is 2. The number of aliphatic carboxylic acids is 1. The standard InChI is InChI=1S/C15H22N2O3/c1-5-6-12(14(18)19)16-15(20)17(4)13-8-7-10(2)9-11(13)3/h7-9,12H,5-6H2,1-4H3,(H,16,20)(H,18,19)/t12-/m1/s1. The molecule has 0 unspecified atom stereocenters. The lowest BCUT2D eigenvalue weighted by Crippen LogP contribution is -2.46. The number of nitrogens with zero attached hydrogens (tertiary/aromatic N) is 1. The summed E-state index contributed by atoms with van der Waals surface area (Å²) in [5.41, 5.74) is 2.87. The summed E-state index contributed by atoms with van der Waals surface area (Å²) in [6.07, 6.45) is 1.12. The molecule has 1 aromatic rings. The number of rotatable bonds is 5. The van der Waals surface area contributed by atoms with Crippen LogP contribution in [0.25, 0.3) is 0 Å². The molecule has 0 saturated heterocycles. The van der Waals surface area contributed by atoms with Gasteiger partial charge in [-0.05, 0) is 31.9 Å². The molecule has 5 nitrogen and oxygen atoms in total. The third-order valence-corrected chi connectivity index (χ3v) is 3.19. The molecule has 0 saturated carbocycles. The first-order valence-electron chi connectivity index (χ1n) is 6.71. The van der Waals surface area contributed by atoms with Crippen LogP contribution in [0.4, 0.5) is 10.5 Å². The third-order valence-electron chi connectivity index (χ3n) is 3.19. The predicted octanol–water partition coefficient (Wildman–Crippen LogP) is 2.70. The Morgan fingerprint density at radius 2 is 2.00 bits per heavy atom. The molecule has 0 heterocycles. The number of carbonyl (C=O) groups excluding carboxylic acids is 1. The fraction of sp³-hybridized carbons (Fsp3) is 0.467. The number of carbonyl (C=O) groups is 2. The maximum atomic E-state index is 12.1. The van der Waals surface area contributed by atoms with Gasteiger partial charge in [-0.2, -0.15) is 0 Å². The molecule has 1 rings (SSSR count). The second kappa shape index (κ2) is 6.93. The maximum absolute atomic E-state index is 12.1. The van der Waals surface area contributed by atoms with E-state index in [0.29, 0.717) is 12.8 Å². The van der Waals surface area contributed by atoms with E-state index in [9.17, 15) is 9.59 Å². The third kappa shape index (κ3) is 3.98. The van der Waals surface area contributed by atoms with Gasteiger partial charge in [0, 0.05) is 12.7 Å². The summed E-state index contributed by atoms with van der Waals surface area (Å²) in [5.74, 6) is -1.01. The van der Waals surface area contributed by atoms with Crippen LogP contribution in [0.15, 0.2) is 18.2 Å². The van der Waals surface area contributed by atoms with Crippen LogP contribution in [0.1, 0.15) is 30.9 Å². The highest BCUT2D eigenvalue weighted by molar-refractivity contribution is 5.94. The Kier molecular flexibility index (Phi) is 5.55. The zero-order valence-corrected chi connectivity index (χ0v) is 12.4. The molecule has 0 radical (unpaired) electrons. The van der Waals surface area contributed by atoms with Crippen molar-refractivity contribution in [2.75, 3.05) is 11.9 Å². The van der Waals surface area contributed by atoms with E-state index in [1.807, 2.05) is 39.0 Å². The van der Waals surface area contributed by atoms with Crippen LogP contribution < -0.4 is 10.2 Å². The zero-order chi connectivity index (χ0) is 15.3. The van der Waals surface area contributed by atoms with Crippen LogP contribution in [0.2, 0.25) is 0 Å². The Balaban J connectivity index is 2.83. The van der Waals surface area contributed by atoms with Crippen LogP contribution in [0.3, 0.4) is 0 Å². The van der Waals surface area contributed by atoms with Crippen LogP contribution >= 0.6 is 0 Å². The van der Waals surface area contributed by atoms with Crippen molar-refractivity contribution in [3.05, 3.63) is 29.3 Å². The summed E-state index contributed by atoms with van der Waals surface area (Å²) in [7, 11) is 1.64. The minimum absolute atomic E-state index is 0.405. The number of carboxylic acids is 1. The molecule has 0 aliphatic heterocycles. The molecule has 5 heteroatoms. The SMILES string of the molecule is CCC[C@@H](NC(=O)N(C)c1ccc(C)cc1C)C(=O)O. The highest BCUT2D eigenvalue weighted by Crippen LogP contribution is 2.20. The summed E-state index contributed by atoms with van der Waals surface area (Å²) >= 11 is 0. The monoisotopic (exact) mass is 278 g/mol. The van der Waals surface area contributed by atoms with Crippen molar-refractivity contribution < 1.29 is 14.7 Å². The lowest BCUT2D eigenvalue weighted by Gasteiger charge is -2.23. The van der Waals surface area contributed by atoms with Gasteiger partial charge >= 0.3 is 12.0 Å². The van der Waals surface area contributed by atoms with Crippen molar-refractivity contribution in [2.45, 2.75) is 39.7 Å². The first kappa shape index (κ1) is 16.0. The molecule has 0 aromatic heterocycles. The number of nitrogens with one attached hydrogen (secondary N) is 1. The fourth-order valence-electron chi connectivity index (χ4n) is 2.08. The molecule has 0 aliphatic rings. The average molecular weight is 278 g/mol. The largest absolute Gasteiger partial charge is 0.480 e. The normalized spacial score (nSPS) is 11.8. The second-order valence-corrected chi connectivity index (χ2v) is 4.98. The molecular weight excluding hydrogens is 256 g/mol. The van der Waals surface area contributed by atoms with E-state index in [1.54, 1.807) is 7.05 Å². The minimum Gasteiger partial charge on any atom is -0.480 e. The molecule has 0 bridgehead atoms. The number of anilines is 1. The number of hydrogen-bond donors (Lipinski definition) is 2. The van der Waals surface area contributed by atoms with Crippen molar-refractivity contribution in [3.63, 3.8) is 0 Å². The Labute approximate surface area is 119 Å². The Morgan fingerprint density at radius 3 is 2.50 bits per heavy atom. The number of urea groups is 1. The van der Waals surface area contributed by atoms with Crippen molar-refractivity contribution in [1.29, 1.82) is 0 Å². The average Bonchev–Trinajstić information content (AvgIpc) is 2.37. The Bertz CT molecular complexity index is 500. The van der Waals surface area contributed by atoms with E-state index in [1.165, 1.54) is 4.90 Å². The summed E-state index contributed by atoms with van der Waals surface area (Å²) in [6.45, 7) is 5.79. The molecule has 0 aliphatic carbocycles. The van der Waals surface area contributed by atoms with Gasteiger partial charge in [-0.1, -0.05) is 31.0 Å². The molecule has 1 aromatic carbocycles. The summed E-state index contributed by atoms with van der Waals surface area (Å²) in [6, 6.07) is 4.52. The highest BCUT2D eigenvalue weighted by Gasteiger charge is 2.21. The van der Waals surface area contributed by atoms with Crippen LogP contribution in [-0.4, -0.2) is 30.2 Å². The van der Waals surface area contributed by atoms with Crippen molar-refractivity contribution >= 4 is 17.7 Å². The zero-order valence-electron chi connectivity index (χ0n) is 12.4. The molecule has 0 spiro atoms. The molecule has 2 N–H and O–H groups in total. The van der Waals surface area contributed by atoms with E-state index >= 15 is 0 Å². The minimum atomic E-state index is -1.01. The smallest absolute Gasteiger partial charge is 0.326 e. The van der Waals surface area contributed by atoms with E-state index in [-0.39, 0.29) is 0 Å². The van der Waals surface area contributed by atoms with Crippen molar-refractivity contribution in [3.8, 4) is 0 Å². The number of amides is 2. The van der Waals surface area contributed by atoms with Crippen LogP contribution in [0.5, 0.6) is 0 Å². The number of aryl methyl sites for hydroxylation is 2. The summed E-state index contributed by atoms with van der Waals surface area (Å²) in [4.78, 5) is 24.6. The molecular formula is C15H22N2O3. The molecule has 1 atom stereocenters. The van der Waals surface area contributed by atoms with Crippen LogP contribution in [-0.2, 0) is 4.79 Å². The van der Waals surface area contributed by atoms with Crippen molar-refractivity contribution in [1.82, 2.24) is 5.32 Å². The number of carboxylic acid groups (broad SMARTS) is 1. The van der Waals surface area contributed by atoms with E-state index < -0.39 is 18.0 Å². The highest BCUT2D eigenvalue weighted by atomic mass is 16.4. The van der Waals surface area contributed by atoms with Gasteiger partial charge in [-0.3, -0.25) is 4.90 Å². The topological polar surface area (TPSA) is 69.6 Å². The van der Waals surface area contributed by atoms with E-state index in [2.05, 4.69) is 5.32 Å². The maximum Gasteiger partial charge on any atom is 0.326 e. The van der Waals surface area contributed by atoms with Crippen molar-refractivity contribution in [2.24, 2.45) is 0 Å². The van der Waals surface area contributed by atoms with Gasteiger partial charge in [0.05, 0.1) is 0 Å². The van der Waals surface area contributed by atoms with Gasteiger partial charge in [0.25, 0.3) is 0 Å². The quantitative estimate of drug-likeness (QED) is 0.870. The van der Waals surface area contributed by atoms with Gasteiger partial charge in [0.2, 0.25) is 0 Å². The Hall–Kier alpha value is -2.04. The predicted molar refractivity (Wildman–Crippen MR) is 79.2 cm³/mol. The van der Waals surface area contributed by atoms with Crippen LogP contribution in [0, 0.1) is 13.8 Å². The van der Waals surface area contributed by atoms with Gasteiger partial charge in [-0.25, -0.2) is 9.59 Å². The fourth-order valence-corrected chi connectivity index (χ4v) is 2.08. The van der Waals surface area contributed by atoms with Gasteiger partial charge in [-0.15, -0.1) is 0 Å². The van der Waals surface area contributed by atoms with E-state index in [0.717, 1.165) is 16.8 Å². The molecule has 110 valence electrons. The van der Waals surface area contributed by atoms with Gasteiger partial charge in [0.1, 0.15) is 6.04 Å².